The largest absolute Gasteiger partial charge is 0.332 e. The molecular weight excluding hydrogens is 434 g/mol. The first-order valence-electron chi connectivity index (χ1n) is 12.0. The van der Waals surface area contributed by atoms with Crippen molar-refractivity contribution in [2.75, 3.05) is 6.54 Å². The number of para-hydroxylation sites is 1. The van der Waals surface area contributed by atoms with Crippen LogP contribution in [0.25, 0.3) is 16.6 Å². The second-order valence-electron chi connectivity index (χ2n) is 9.00. The van der Waals surface area contributed by atoms with E-state index in [1.807, 2.05) is 48.2 Å². The number of amides is 1. The molecule has 1 amide bonds. The normalized spacial score (nSPS) is 14.8. The maximum atomic E-state index is 13.8. The van der Waals surface area contributed by atoms with Crippen LogP contribution < -0.4 is 5.56 Å². The van der Waals surface area contributed by atoms with Gasteiger partial charge in [0.2, 0.25) is 5.91 Å². The number of benzene rings is 2. The second kappa shape index (κ2) is 10.1. The highest BCUT2D eigenvalue weighted by Crippen LogP contribution is 2.34. The summed E-state index contributed by atoms with van der Waals surface area (Å²) in [6.07, 6.45) is 5.61. The van der Waals surface area contributed by atoms with Crippen molar-refractivity contribution in [2.45, 2.75) is 65.3 Å². The molecule has 0 N–H and O–H groups in total. The Bertz CT molecular complexity index is 1220. The van der Waals surface area contributed by atoms with Gasteiger partial charge in [0.1, 0.15) is 5.82 Å². The molecule has 1 aromatic heterocycles. The van der Waals surface area contributed by atoms with Gasteiger partial charge in [-0.2, -0.15) is 0 Å². The molecule has 2 aromatic carbocycles. The van der Waals surface area contributed by atoms with Gasteiger partial charge >= 0.3 is 0 Å². The molecule has 0 bridgehead atoms. The molecule has 1 aliphatic carbocycles. The summed E-state index contributed by atoms with van der Waals surface area (Å²) in [5, 5.41) is 1.19. The molecule has 1 atom stereocenters. The highest BCUT2D eigenvalue weighted by molar-refractivity contribution is 6.30. The van der Waals surface area contributed by atoms with E-state index in [0.717, 1.165) is 43.4 Å². The van der Waals surface area contributed by atoms with E-state index < -0.39 is 0 Å². The first-order chi connectivity index (χ1) is 16.0. The number of carbonyl (C=O) groups excluding carboxylic acids is 1. The number of fused-ring (bicyclic) bond motifs is 1. The van der Waals surface area contributed by atoms with E-state index in [1.54, 1.807) is 10.6 Å². The van der Waals surface area contributed by atoms with Crippen molar-refractivity contribution in [2.24, 2.45) is 5.92 Å². The van der Waals surface area contributed by atoms with Crippen LogP contribution in [-0.2, 0) is 4.79 Å². The van der Waals surface area contributed by atoms with E-state index in [9.17, 15) is 9.59 Å². The molecular formula is C27H32ClN3O2. The van der Waals surface area contributed by atoms with Crippen molar-refractivity contribution in [1.82, 2.24) is 14.5 Å². The van der Waals surface area contributed by atoms with E-state index in [2.05, 4.69) is 13.8 Å². The quantitative estimate of drug-likeness (QED) is 0.396. The molecule has 0 radical (unpaired) electrons. The molecule has 5 nitrogen and oxygen atoms in total. The van der Waals surface area contributed by atoms with Gasteiger partial charge in [0.15, 0.2) is 0 Å². The Morgan fingerprint density at radius 3 is 2.61 bits per heavy atom. The molecule has 174 valence electrons. The highest BCUT2D eigenvalue weighted by atomic mass is 35.5. The van der Waals surface area contributed by atoms with Gasteiger partial charge in [-0.1, -0.05) is 50.4 Å². The average Bonchev–Trinajstić information content (AvgIpc) is 2.76. The minimum atomic E-state index is -0.281. The number of unbranched alkanes of at least 4 members (excludes halogenated alkanes) is 1. The third kappa shape index (κ3) is 4.56. The molecule has 33 heavy (non-hydrogen) atoms. The summed E-state index contributed by atoms with van der Waals surface area (Å²) in [6.45, 7) is 6.82. The van der Waals surface area contributed by atoms with Crippen LogP contribution in [0.1, 0.15) is 69.8 Å². The van der Waals surface area contributed by atoms with Crippen molar-refractivity contribution in [1.29, 1.82) is 0 Å². The molecule has 0 spiro atoms. The number of aromatic nitrogens is 2. The van der Waals surface area contributed by atoms with E-state index >= 15 is 0 Å². The molecule has 1 heterocycles. The van der Waals surface area contributed by atoms with Gasteiger partial charge in [0.05, 0.1) is 22.6 Å². The van der Waals surface area contributed by atoms with E-state index in [1.165, 1.54) is 0 Å². The number of rotatable bonds is 8. The van der Waals surface area contributed by atoms with Crippen LogP contribution >= 0.6 is 11.6 Å². The number of hydrogen-bond acceptors (Lipinski definition) is 3. The molecule has 1 fully saturated rings. The predicted octanol–water partition coefficient (Wildman–Crippen LogP) is 6.23. The van der Waals surface area contributed by atoms with Crippen molar-refractivity contribution in [3.8, 4) is 5.69 Å². The van der Waals surface area contributed by atoms with E-state index in [0.29, 0.717) is 34.7 Å². The zero-order valence-electron chi connectivity index (χ0n) is 19.7. The fourth-order valence-corrected chi connectivity index (χ4v) is 4.88. The lowest BCUT2D eigenvalue weighted by Crippen LogP contribution is -2.43. The Balaban J connectivity index is 1.94. The lowest BCUT2D eigenvalue weighted by Gasteiger charge is -2.37. The summed E-state index contributed by atoms with van der Waals surface area (Å²) in [7, 11) is 0. The van der Waals surface area contributed by atoms with Gasteiger partial charge in [0.25, 0.3) is 5.56 Å². The van der Waals surface area contributed by atoms with Crippen LogP contribution in [0, 0.1) is 12.8 Å². The Morgan fingerprint density at radius 2 is 1.97 bits per heavy atom. The Kier molecular flexibility index (Phi) is 7.18. The van der Waals surface area contributed by atoms with Crippen LogP contribution in [0.3, 0.4) is 0 Å². The van der Waals surface area contributed by atoms with Crippen molar-refractivity contribution < 1.29 is 4.79 Å². The Hall–Kier alpha value is -2.66. The lowest BCUT2D eigenvalue weighted by atomic mass is 9.84. The lowest BCUT2D eigenvalue weighted by molar-refractivity contribution is -0.141. The molecule has 0 saturated heterocycles. The molecule has 1 unspecified atom stereocenters. The predicted molar refractivity (Wildman–Crippen MR) is 134 cm³/mol. The van der Waals surface area contributed by atoms with Gasteiger partial charge in [0, 0.05) is 17.5 Å². The van der Waals surface area contributed by atoms with Crippen LogP contribution in [0.4, 0.5) is 0 Å². The molecule has 3 aromatic rings. The topological polar surface area (TPSA) is 55.2 Å². The SMILES string of the molecule is CCCCN(C(=O)C1CCC1)C(CC)c1nc2ccccc2c(=O)n1-c1ccc(Cl)cc1C. The summed E-state index contributed by atoms with van der Waals surface area (Å²) < 4.78 is 1.70. The zero-order valence-corrected chi connectivity index (χ0v) is 20.4. The van der Waals surface area contributed by atoms with Crippen molar-refractivity contribution >= 4 is 28.4 Å². The number of nitrogens with zero attached hydrogens (tertiary/aromatic N) is 3. The number of carbonyl (C=O) groups is 1. The standard InChI is InChI=1S/C27H32ClN3O2/c1-4-6-16-30(26(32)19-10-9-11-19)23(5-2)25-29-22-13-8-7-12-21(22)27(33)31(25)24-15-14-20(28)17-18(24)3/h7-8,12-15,17,19,23H,4-6,9-11,16H2,1-3H3. The molecule has 6 heteroatoms. The summed E-state index contributed by atoms with van der Waals surface area (Å²) in [6, 6.07) is 12.7. The smallest absolute Gasteiger partial charge is 0.266 e. The number of aryl methyl sites for hydroxylation is 1. The monoisotopic (exact) mass is 465 g/mol. The second-order valence-corrected chi connectivity index (χ2v) is 9.43. The van der Waals surface area contributed by atoms with E-state index in [-0.39, 0.29) is 23.4 Å². The maximum Gasteiger partial charge on any atom is 0.266 e. The fourth-order valence-electron chi connectivity index (χ4n) is 4.66. The minimum absolute atomic E-state index is 0.0915. The van der Waals surface area contributed by atoms with Crippen molar-refractivity contribution in [3.05, 3.63) is 69.2 Å². The third-order valence-corrected chi connectivity index (χ3v) is 6.99. The Labute approximate surface area is 200 Å². The van der Waals surface area contributed by atoms with Crippen LogP contribution in [0.2, 0.25) is 5.02 Å². The summed E-state index contributed by atoms with van der Waals surface area (Å²) in [4.78, 5) is 34.3. The molecule has 1 saturated carbocycles. The molecule has 4 rings (SSSR count). The van der Waals surface area contributed by atoms with Gasteiger partial charge in [-0.3, -0.25) is 14.2 Å². The first-order valence-corrected chi connectivity index (χ1v) is 12.4. The van der Waals surface area contributed by atoms with Gasteiger partial charge in [-0.25, -0.2) is 4.98 Å². The third-order valence-electron chi connectivity index (χ3n) is 6.75. The average molecular weight is 466 g/mol. The maximum absolute atomic E-state index is 13.8. The summed E-state index contributed by atoms with van der Waals surface area (Å²) >= 11 is 6.22. The summed E-state index contributed by atoms with van der Waals surface area (Å²) in [5.41, 5.74) is 2.18. The minimum Gasteiger partial charge on any atom is -0.332 e. The fraction of sp³-hybridized carbons (Fsp3) is 0.444. The van der Waals surface area contributed by atoms with Crippen LogP contribution in [0.5, 0.6) is 0 Å². The first kappa shape index (κ1) is 23.5. The highest BCUT2D eigenvalue weighted by Gasteiger charge is 2.35. The number of halogens is 1. The number of hydrogen-bond donors (Lipinski definition) is 0. The van der Waals surface area contributed by atoms with Crippen molar-refractivity contribution in [3.63, 3.8) is 0 Å². The van der Waals surface area contributed by atoms with Gasteiger partial charge < -0.3 is 4.90 Å². The Morgan fingerprint density at radius 1 is 1.21 bits per heavy atom. The summed E-state index contributed by atoms with van der Waals surface area (Å²) in [5.74, 6) is 0.910. The van der Waals surface area contributed by atoms with Gasteiger partial charge in [-0.15, -0.1) is 0 Å². The zero-order chi connectivity index (χ0) is 23.5. The van der Waals surface area contributed by atoms with Gasteiger partial charge in [-0.05, 0) is 68.5 Å². The van der Waals surface area contributed by atoms with Crippen LogP contribution in [0.15, 0.2) is 47.3 Å². The van der Waals surface area contributed by atoms with E-state index in [4.69, 9.17) is 16.6 Å². The van der Waals surface area contributed by atoms with Crippen LogP contribution in [-0.4, -0.2) is 26.9 Å². The molecule has 0 aliphatic heterocycles. The molecule has 1 aliphatic rings.